The molecule has 0 bridgehead atoms. The summed E-state index contributed by atoms with van der Waals surface area (Å²) in [6.45, 7) is -1.71. The fourth-order valence-corrected chi connectivity index (χ4v) is 1.11. The first-order valence-electron chi connectivity index (χ1n) is 3.68. The fraction of sp³-hybridized carbons (Fsp3) is 0.250. The molecular formula is C8H9BF3-. The first-order valence-corrected chi connectivity index (χ1v) is 3.68. The van der Waals surface area contributed by atoms with E-state index in [1.807, 2.05) is 0 Å². The first-order chi connectivity index (χ1) is 5.41. The molecule has 1 aromatic rings. The molecule has 0 aromatic heterocycles. The molecule has 0 amide bonds. The standard InChI is InChI=1S/C8H9BF3/c1-6-3-4-7(2)8(5-6)9(10,11)12/h3-5H,1-2H3/q-1. The highest BCUT2D eigenvalue weighted by molar-refractivity contribution is 6.74. The van der Waals surface area contributed by atoms with Crippen molar-refractivity contribution in [3.8, 4) is 0 Å². The third kappa shape index (κ3) is 1.81. The van der Waals surface area contributed by atoms with Gasteiger partial charge in [0.05, 0.1) is 0 Å². The fourth-order valence-electron chi connectivity index (χ4n) is 1.11. The lowest BCUT2D eigenvalue weighted by Gasteiger charge is -2.18. The topological polar surface area (TPSA) is 0 Å². The summed E-state index contributed by atoms with van der Waals surface area (Å²) < 4.78 is 36.9. The van der Waals surface area contributed by atoms with Gasteiger partial charge in [-0.25, -0.2) is 0 Å². The number of halogens is 3. The van der Waals surface area contributed by atoms with Crippen molar-refractivity contribution in [3.05, 3.63) is 29.3 Å². The van der Waals surface area contributed by atoms with E-state index in [1.54, 1.807) is 13.0 Å². The Hall–Kier alpha value is -0.925. The second kappa shape index (κ2) is 2.85. The largest absolute Gasteiger partial charge is 0.509 e. The quantitative estimate of drug-likeness (QED) is 0.571. The molecule has 66 valence electrons. The molecule has 0 aliphatic heterocycles. The lowest BCUT2D eigenvalue weighted by molar-refractivity contribution is 0.500. The molecule has 0 saturated heterocycles. The SMILES string of the molecule is Cc1ccc(C)c([B-](F)(F)F)c1. The van der Waals surface area contributed by atoms with Crippen LogP contribution < -0.4 is 5.46 Å². The maximum Gasteiger partial charge on any atom is 0.509 e. The van der Waals surface area contributed by atoms with Gasteiger partial charge in [-0.15, -0.1) is 5.46 Å². The number of hydrogen-bond acceptors (Lipinski definition) is 0. The highest BCUT2D eigenvalue weighted by Crippen LogP contribution is 2.12. The number of benzene rings is 1. The predicted octanol–water partition coefficient (Wildman–Crippen LogP) is 2.36. The Labute approximate surface area is 69.5 Å². The molecule has 0 N–H and O–H groups in total. The minimum atomic E-state index is -4.85. The van der Waals surface area contributed by atoms with E-state index in [0.717, 1.165) is 0 Å². The molecule has 0 heterocycles. The van der Waals surface area contributed by atoms with Crippen molar-refractivity contribution in [2.75, 3.05) is 0 Å². The van der Waals surface area contributed by atoms with Crippen LogP contribution in [0.1, 0.15) is 11.1 Å². The van der Waals surface area contributed by atoms with E-state index in [2.05, 4.69) is 0 Å². The number of aryl methyl sites for hydroxylation is 2. The Morgan fingerprint density at radius 3 is 2.08 bits per heavy atom. The van der Waals surface area contributed by atoms with E-state index in [1.165, 1.54) is 19.1 Å². The molecule has 12 heavy (non-hydrogen) atoms. The molecular weight excluding hydrogens is 164 g/mol. The van der Waals surface area contributed by atoms with Crippen LogP contribution in [0.5, 0.6) is 0 Å². The van der Waals surface area contributed by atoms with Gasteiger partial charge in [0.2, 0.25) is 0 Å². The van der Waals surface area contributed by atoms with Gasteiger partial charge in [0, 0.05) is 0 Å². The zero-order valence-electron chi connectivity index (χ0n) is 6.94. The summed E-state index contributed by atoms with van der Waals surface area (Å²) in [7, 11) is 0. The Kier molecular flexibility index (Phi) is 2.17. The maximum atomic E-state index is 12.3. The van der Waals surface area contributed by atoms with Crippen LogP contribution in [-0.2, 0) is 0 Å². The van der Waals surface area contributed by atoms with Crippen LogP contribution in [0.2, 0.25) is 0 Å². The van der Waals surface area contributed by atoms with Gasteiger partial charge in [-0.2, -0.15) is 0 Å². The summed E-state index contributed by atoms with van der Waals surface area (Å²) in [5.41, 5.74) is 0.470. The monoisotopic (exact) mass is 173 g/mol. The van der Waals surface area contributed by atoms with Crippen LogP contribution in [0.3, 0.4) is 0 Å². The molecule has 1 rings (SSSR count). The Morgan fingerprint density at radius 1 is 1.08 bits per heavy atom. The van der Waals surface area contributed by atoms with E-state index >= 15 is 0 Å². The maximum absolute atomic E-state index is 12.3. The average Bonchev–Trinajstić information content (AvgIpc) is 1.92. The Morgan fingerprint density at radius 2 is 1.67 bits per heavy atom. The normalized spacial score (nSPS) is 11.8. The molecule has 0 fully saturated rings. The van der Waals surface area contributed by atoms with Gasteiger partial charge < -0.3 is 12.9 Å². The van der Waals surface area contributed by atoms with E-state index in [4.69, 9.17) is 0 Å². The van der Waals surface area contributed by atoms with Crippen molar-refractivity contribution in [3.63, 3.8) is 0 Å². The highest BCUT2D eigenvalue weighted by Gasteiger charge is 2.26. The number of rotatable bonds is 1. The molecule has 0 aliphatic rings. The van der Waals surface area contributed by atoms with Crippen molar-refractivity contribution >= 4 is 12.4 Å². The van der Waals surface area contributed by atoms with Gasteiger partial charge >= 0.3 is 6.98 Å². The lowest BCUT2D eigenvalue weighted by Crippen LogP contribution is -2.36. The summed E-state index contributed by atoms with van der Waals surface area (Å²) >= 11 is 0. The van der Waals surface area contributed by atoms with Crippen LogP contribution in [-0.4, -0.2) is 6.98 Å². The van der Waals surface area contributed by atoms with Crippen LogP contribution in [0.25, 0.3) is 0 Å². The summed E-state index contributed by atoms with van der Waals surface area (Å²) in [6, 6.07) is 4.37. The summed E-state index contributed by atoms with van der Waals surface area (Å²) in [5.74, 6) is 0. The van der Waals surface area contributed by atoms with Gasteiger partial charge in [-0.1, -0.05) is 29.3 Å². The third-order valence-corrected chi connectivity index (χ3v) is 1.79. The molecule has 1 aromatic carbocycles. The zero-order chi connectivity index (χ0) is 9.35. The first kappa shape index (κ1) is 9.17. The molecule has 0 unspecified atom stereocenters. The second-order valence-corrected chi connectivity index (χ2v) is 2.93. The second-order valence-electron chi connectivity index (χ2n) is 2.93. The third-order valence-electron chi connectivity index (χ3n) is 1.79. The van der Waals surface area contributed by atoms with E-state index < -0.39 is 12.4 Å². The van der Waals surface area contributed by atoms with Crippen molar-refractivity contribution in [1.82, 2.24) is 0 Å². The van der Waals surface area contributed by atoms with E-state index in [9.17, 15) is 12.9 Å². The molecule has 0 radical (unpaired) electrons. The van der Waals surface area contributed by atoms with E-state index in [0.29, 0.717) is 11.1 Å². The molecule has 0 atom stereocenters. The summed E-state index contributed by atoms with van der Waals surface area (Å²) in [6.07, 6.45) is 0. The van der Waals surface area contributed by atoms with Gasteiger partial charge in [0.1, 0.15) is 0 Å². The Bertz CT molecular complexity index is 291. The molecule has 0 aliphatic carbocycles. The summed E-state index contributed by atoms with van der Waals surface area (Å²) in [5, 5.41) is 0. The smallest absolute Gasteiger partial charge is 0.445 e. The molecule has 0 saturated carbocycles. The van der Waals surface area contributed by atoms with Crippen LogP contribution in [0, 0.1) is 13.8 Å². The average molecular weight is 173 g/mol. The molecule has 0 spiro atoms. The van der Waals surface area contributed by atoms with Crippen molar-refractivity contribution in [2.24, 2.45) is 0 Å². The van der Waals surface area contributed by atoms with E-state index in [-0.39, 0.29) is 0 Å². The van der Waals surface area contributed by atoms with Crippen LogP contribution >= 0.6 is 0 Å². The minimum Gasteiger partial charge on any atom is -0.445 e. The highest BCUT2D eigenvalue weighted by atomic mass is 19.4. The minimum absolute atomic E-state index is 0.299. The van der Waals surface area contributed by atoms with Gasteiger partial charge in [0.15, 0.2) is 0 Å². The molecule has 4 heteroatoms. The molecule has 0 nitrogen and oxygen atoms in total. The van der Waals surface area contributed by atoms with Crippen molar-refractivity contribution in [2.45, 2.75) is 13.8 Å². The van der Waals surface area contributed by atoms with Gasteiger partial charge in [-0.05, 0) is 13.8 Å². The van der Waals surface area contributed by atoms with Crippen molar-refractivity contribution in [1.29, 1.82) is 0 Å². The lowest BCUT2D eigenvalue weighted by atomic mass is 9.76. The van der Waals surface area contributed by atoms with Crippen LogP contribution in [0.4, 0.5) is 12.9 Å². The Balaban J connectivity index is 3.23. The predicted molar refractivity (Wildman–Crippen MR) is 44.6 cm³/mol. The van der Waals surface area contributed by atoms with Crippen molar-refractivity contribution < 1.29 is 12.9 Å². The van der Waals surface area contributed by atoms with Gasteiger partial charge in [0.25, 0.3) is 0 Å². The zero-order valence-corrected chi connectivity index (χ0v) is 6.94. The van der Waals surface area contributed by atoms with Crippen LogP contribution in [0.15, 0.2) is 18.2 Å². The van der Waals surface area contributed by atoms with Gasteiger partial charge in [-0.3, -0.25) is 0 Å². The number of hydrogen-bond donors (Lipinski definition) is 0. The summed E-state index contributed by atoms with van der Waals surface area (Å²) in [4.78, 5) is 0.